The number of nitrogen functional groups attached to an aromatic ring is 2. The number of aromatic nitrogens is 2. The Kier molecular flexibility index (Phi) is 9.15. The molecule has 5 rings (SSSR count). The lowest BCUT2D eigenvalue weighted by atomic mass is 9.84. The molecular weight excluding hydrogens is 596 g/mol. The zero-order valence-electron chi connectivity index (χ0n) is 26.0. The lowest BCUT2D eigenvalue weighted by molar-refractivity contribution is 0.136. The summed E-state index contributed by atoms with van der Waals surface area (Å²) in [7, 11) is 1.61. The van der Waals surface area contributed by atoms with Gasteiger partial charge in [0.25, 0.3) is 0 Å². The van der Waals surface area contributed by atoms with Gasteiger partial charge in [0.15, 0.2) is 5.82 Å². The van der Waals surface area contributed by atoms with Crippen molar-refractivity contribution in [3.63, 3.8) is 0 Å². The molecule has 0 aliphatic carbocycles. The van der Waals surface area contributed by atoms with Crippen LogP contribution in [0, 0.1) is 17.0 Å². The van der Waals surface area contributed by atoms with Crippen LogP contribution < -0.4 is 31.6 Å². The lowest BCUT2D eigenvalue weighted by Crippen LogP contribution is -2.33. The summed E-state index contributed by atoms with van der Waals surface area (Å²) in [4.78, 5) is 15.5. The summed E-state index contributed by atoms with van der Waals surface area (Å²) >= 11 is 1.02. The van der Waals surface area contributed by atoms with Gasteiger partial charge >= 0.3 is 6.01 Å². The van der Waals surface area contributed by atoms with Gasteiger partial charge in [0.1, 0.15) is 40.3 Å². The average Bonchev–Trinajstić information content (AvgIpc) is 3.23. The molecule has 1 atom stereocenters. The van der Waals surface area contributed by atoms with Gasteiger partial charge in [-0.1, -0.05) is 52.0 Å². The Bertz CT molecular complexity index is 1840. The van der Waals surface area contributed by atoms with Crippen LogP contribution in [-0.2, 0) is 0 Å². The van der Waals surface area contributed by atoms with E-state index >= 15 is 4.39 Å². The second-order valence-electron chi connectivity index (χ2n) is 11.5. The van der Waals surface area contributed by atoms with Gasteiger partial charge in [-0.2, -0.15) is 9.97 Å². The number of aliphatic imine (C=N–C) groups is 1. The maximum atomic E-state index is 16.9. The molecule has 238 valence electrons. The monoisotopic (exact) mass is 635 g/mol. The molecule has 6 N–H and O–H groups in total. The van der Waals surface area contributed by atoms with E-state index in [-0.39, 0.29) is 44.5 Å². The van der Waals surface area contributed by atoms with E-state index in [4.69, 9.17) is 31.7 Å². The second-order valence-corrected chi connectivity index (χ2v) is 12.5. The number of nitrogens with zero attached hydrogens (tertiary/aromatic N) is 4. The zero-order chi connectivity index (χ0) is 32.5. The SMILES string of the molecule is C=C/C=C(/CN1CCOc2cc(-c3ccc(F)c4sc(N)c(N)c34)c(F)c3nc(OCC(C)(CC)CCC)nc1c23)C(N)=NC. The summed E-state index contributed by atoms with van der Waals surface area (Å²) < 4.78 is 44.4. The minimum Gasteiger partial charge on any atom is -0.491 e. The number of halogens is 2. The standard InChI is InChI=1S/C33H39F2N7O2S/c1-6-9-18(29(37)39-5)16-42-13-14-43-22-15-20(19-10-11-21(34)28-23(19)26(36)30(38)45-28)25(35)27-24(22)31(42)41-32(40-27)44-17-33(4,8-3)12-7-2/h6,9-11,15H,1,7-8,12-14,16-17,36,38H2,2-5H3,(H2,37,39)/b18-9-. The lowest BCUT2D eigenvalue weighted by Gasteiger charge is -2.28. The fourth-order valence-electron chi connectivity index (χ4n) is 5.68. The van der Waals surface area contributed by atoms with E-state index in [0.29, 0.717) is 59.0 Å². The third-order valence-corrected chi connectivity index (χ3v) is 9.45. The number of ether oxygens (including phenoxy) is 2. The van der Waals surface area contributed by atoms with Crippen molar-refractivity contribution in [1.82, 2.24) is 9.97 Å². The first-order valence-electron chi connectivity index (χ1n) is 14.9. The molecule has 3 heterocycles. The first-order chi connectivity index (χ1) is 21.5. The highest BCUT2D eigenvalue weighted by atomic mass is 32.1. The molecule has 2 aromatic heterocycles. The Hall–Kier alpha value is -4.45. The molecule has 1 unspecified atom stereocenters. The zero-order valence-corrected chi connectivity index (χ0v) is 26.9. The van der Waals surface area contributed by atoms with Crippen LogP contribution in [0.2, 0.25) is 0 Å². The van der Waals surface area contributed by atoms with Crippen molar-refractivity contribution < 1.29 is 18.3 Å². The van der Waals surface area contributed by atoms with Crippen LogP contribution in [0.3, 0.4) is 0 Å². The van der Waals surface area contributed by atoms with Crippen LogP contribution in [0.15, 0.2) is 47.5 Å². The number of anilines is 3. The minimum atomic E-state index is -0.645. The predicted molar refractivity (Wildman–Crippen MR) is 181 cm³/mol. The van der Waals surface area contributed by atoms with Crippen LogP contribution in [-0.4, -0.2) is 49.2 Å². The highest BCUT2D eigenvalue weighted by Crippen LogP contribution is 2.47. The van der Waals surface area contributed by atoms with E-state index < -0.39 is 11.6 Å². The quantitative estimate of drug-likeness (QED) is 0.0925. The van der Waals surface area contributed by atoms with Gasteiger partial charge in [-0.25, -0.2) is 8.78 Å². The number of nitrogens with two attached hydrogens (primary N) is 3. The molecule has 4 aromatic rings. The van der Waals surface area contributed by atoms with Gasteiger partial charge in [0.2, 0.25) is 0 Å². The van der Waals surface area contributed by atoms with Crippen LogP contribution >= 0.6 is 11.3 Å². The molecule has 2 aromatic carbocycles. The Morgan fingerprint density at radius 3 is 2.69 bits per heavy atom. The summed E-state index contributed by atoms with van der Waals surface area (Å²) in [5, 5.41) is 0.983. The van der Waals surface area contributed by atoms with Crippen LogP contribution in [0.25, 0.3) is 32.1 Å². The van der Waals surface area contributed by atoms with Crippen molar-refractivity contribution >= 4 is 54.7 Å². The maximum Gasteiger partial charge on any atom is 0.319 e. The van der Waals surface area contributed by atoms with Gasteiger partial charge in [0, 0.05) is 35.5 Å². The third kappa shape index (κ3) is 5.98. The summed E-state index contributed by atoms with van der Waals surface area (Å²) in [6.07, 6.45) is 6.25. The van der Waals surface area contributed by atoms with Crippen LogP contribution in [0.1, 0.15) is 40.0 Å². The Morgan fingerprint density at radius 1 is 1.22 bits per heavy atom. The fraction of sp³-hybridized carbons (Fsp3) is 0.364. The summed E-state index contributed by atoms with van der Waals surface area (Å²) in [6, 6.07) is 4.41. The molecule has 1 aliphatic heterocycles. The van der Waals surface area contributed by atoms with E-state index in [1.807, 2.05) is 4.90 Å². The molecule has 0 fully saturated rings. The van der Waals surface area contributed by atoms with Gasteiger partial charge in [-0.3, -0.25) is 4.99 Å². The number of allylic oxidation sites excluding steroid dienone is 2. The van der Waals surface area contributed by atoms with Gasteiger partial charge in [0.05, 0.1) is 28.9 Å². The smallest absolute Gasteiger partial charge is 0.319 e. The summed E-state index contributed by atoms with van der Waals surface area (Å²) in [5.74, 6) is 0.0189. The molecule has 45 heavy (non-hydrogen) atoms. The predicted octanol–water partition coefficient (Wildman–Crippen LogP) is 6.85. The number of amidine groups is 1. The van der Waals surface area contributed by atoms with E-state index in [1.165, 1.54) is 12.1 Å². The van der Waals surface area contributed by atoms with E-state index in [9.17, 15) is 4.39 Å². The van der Waals surface area contributed by atoms with Crippen molar-refractivity contribution in [2.45, 2.75) is 40.0 Å². The molecule has 0 saturated carbocycles. The van der Waals surface area contributed by atoms with E-state index in [2.05, 4.69) is 37.3 Å². The van der Waals surface area contributed by atoms with Crippen molar-refractivity contribution in [2.75, 3.05) is 49.7 Å². The molecule has 0 spiro atoms. The van der Waals surface area contributed by atoms with Crippen LogP contribution in [0.4, 0.5) is 25.3 Å². The van der Waals surface area contributed by atoms with E-state index in [1.54, 1.807) is 25.3 Å². The highest BCUT2D eigenvalue weighted by Gasteiger charge is 2.30. The molecule has 1 aliphatic rings. The molecule has 0 bridgehead atoms. The maximum absolute atomic E-state index is 16.9. The number of hydrogen-bond donors (Lipinski definition) is 3. The summed E-state index contributed by atoms with van der Waals surface area (Å²) in [6.45, 7) is 11.5. The normalized spacial score (nSPS) is 15.2. The number of benzene rings is 2. The third-order valence-electron chi connectivity index (χ3n) is 8.41. The second kappa shape index (κ2) is 12.9. The minimum absolute atomic E-state index is 0.00808. The number of hydrogen-bond acceptors (Lipinski definition) is 9. The van der Waals surface area contributed by atoms with Gasteiger partial charge in [-0.05, 0) is 30.5 Å². The first-order valence-corrected chi connectivity index (χ1v) is 15.7. The van der Waals surface area contributed by atoms with Crippen molar-refractivity contribution in [3.8, 4) is 22.9 Å². The Labute approximate surface area is 265 Å². The average molecular weight is 636 g/mol. The van der Waals surface area contributed by atoms with Crippen molar-refractivity contribution in [2.24, 2.45) is 16.1 Å². The van der Waals surface area contributed by atoms with E-state index in [0.717, 1.165) is 30.6 Å². The number of rotatable bonds is 11. The first kappa shape index (κ1) is 32.0. The molecule has 12 heteroatoms. The molecule has 9 nitrogen and oxygen atoms in total. The Morgan fingerprint density at radius 2 is 2.00 bits per heavy atom. The topological polar surface area (TPSA) is 138 Å². The van der Waals surface area contributed by atoms with Gasteiger partial charge in [-0.15, -0.1) is 11.3 Å². The summed E-state index contributed by atoms with van der Waals surface area (Å²) in [5.41, 5.74) is 19.9. The molecular formula is C33H39F2N7O2S. The number of thiophene rings is 1. The largest absolute Gasteiger partial charge is 0.491 e. The van der Waals surface area contributed by atoms with Crippen LogP contribution in [0.5, 0.6) is 11.8 Å². The number of fused-ring (bicyclic) bond motifs is 1. The highest BCUT2D eigenvalue weighted by molar-refractivity contribution is 7.23. The fourth-order valence-corrected chi connectivity index (χ4v) is 6.60. The van der Waals surface area contributed by atoms with Crippen molar-refractivity contribution in [3.05, 3.63) is 54.1 Å². The van der Waals surface area contributed by atoms with Crippen molar-refractivity contribution in [1.29, 1.82) is 0 Å². The Balaban J connectivity index is 1.75. The molecule has 0 saturated heterocycles. The van der Waals surface area contributed by atoms with Gasteiger partial charge < -0.3 is 31.6 Å². The molecule has 0 radical (unpaired) electrons. The molecule has 0 amide bonds.